The van der Waals surface area contributed by atoms with Crippen LogP contribution in [0.15, 0.2) is 6.20 Å². The topological polar surface area (TPSA) is 100 Å². The number of rotatable bonds is 7. The van der Waals surface area contributed by atoms with Crippen LogP contribution >= 0.6 is 0 Å². The number of carboxylic acids is 2. The van der Waals surface area contributed by atoms with Crippen LogP contribution in [0.4, 0.5) is 0 Å². The smallest absolute Gasteiger partial charge is 0.303 e. The molecule has 1 aromatic rings. The largest absolute Gasteiger partial charge is 0.481 e. The monoisotopic (exact) mass is 266 g/mol. The third-order valence-electron chi connectivity index (χ3n) is 2.65. The van der Waals surface area contributed by atoms with Crippen molar-refractivity contribution >= 4 is 11.9 Å². The van der Waals surface area contributed by atoms with E-state index in [4.69, 9.17) is 10.2 Å². The maximum atomic E-state index is 10.6. The van der Waals surface area contributed by atoms with Crippen molar-refractivity contribution in [3.05, 3.63) is 23.3 Å². The van der Waals surface area contributed by atoms with Crippen molar-refractivity contribution in [2.75, 3.05) is 0 Å². The summed E-state index contributed by atoms with van der Waals surface area (Å²) in [4.78, 5) is 29.7. The minimum atomic E-state index is -0.872. The predicted octanol–water partition coefficient (Wildman–Crippen LogP) is 1.63. The van der Waals surface area contributed by atoms with Crippen LogP contribution in [-0.2, 0) is 22.4 Å². The quantitative estimate of drug-likeness (QED) is 0.778. The summed E-state index contributed by atoms with van der Waals surface area (Å²) in [5.74, 6) is -1.62. The van der Waals surface area contributed by atoms with Crippen LogP contribution in [0.5, 0.6) is 0 Å². The maximum absolute atomic E-state index is 10.6. The molecule has 0 spiro atoms. The lowest BCUT2D eigenvalue weighted by atomic mass is 10.0. The van der Waals surface area contributed by atoms with Gasteiger partial charge in [-0.1, -0.05) is 13.8 Å². The third kappa shape index (κ3) is 5.03. The molecule has 0 atom stereocenters. The molecule has 0 saturated carbocycles. The number of nitrogens with zero attached hydrogens (tertiary/aromatic N) is 2. The molecule has 0 unspecified atom stereocenters. The van der Waals surface area contributed by atoms with Gasteiger partial charge in [0.1, 0.15) is 0 Å². The van der Waals surface area contributed by atoms with Gasteiger partial charge in [-0.15, -0.1) is 0 Å². The number of aliphatic carboxylic acids is 2. The van der Waals surface area contributed by atoms with E-state index in [0.717, 1.165) is 5.69 Å². The highest BCUT2D eigenvalue weighted by Gasteiger charge is 2.13. The Balaban J connectivity index is 2.87. The van der Waals surface area contributed by atoms with Gasteiger partial charge in [0, 0.05) is 19.0 Å². The van der Waals surface area contributed by atoms with E-state index in [1.807, 2.05) is 13.8 Å². The van der Waals surface area contributed by atoms with Crippen molar-refractivity contribution in [2.45, 2.75) is 45.4 Å². The Morgan fingerprint density at radius 1 is 1.16 bits per heavy atom. The van der Waals surface area contributed by atoms with Crippen LogP contribution in [-0.4, -0.2) is 32.1 Å². The molecule has 0 aliphatic carbocycles. The van der Waals surface area contributed by atoms with E-state index in [0.29, 0.717) is 24.2 Å². The minimum absolute atomic E-state index is 0.0146. The van der Waals surface area contributed by atoms with Crippen molar-refractivity contribution in [2.24, 2.45) is 0 Å². The van der Waals surface area contributed by atoms with Crippen molar-refractivity contribution in [3.63, 3.8) is 0 Å². The van der Waals surface area contributed by atoms with Gasteiger partial charge < -0.3 is 10.2 Å². The second-order valence-corrected chi connectivity index (χ2v) is 4.64. The zero-order valence-corrected chi connectivity index (χ0v) is 11.1. The summed E-state index contributed by atoms with van der Waals surface area (Å²) in [5.41, 5.74) is 2.06. The summed E-state index contributed by atoms with van der Waals surface area (Å²) in [7, 11) is 0. The lowest BCUT2D eigenvalue weighted by Crippen LogP contribution is -2.09. The Hall–Kier alpha value is -1.98. The van der Waals surface area contributed by atoms with Crippen LogP contribution < -0.4 is 0 Å². The molecule has 0 fully saturated rings. The summed E-state index contributed by atoms with van der Waals surface area (Å²) in [6, 6.07) is 0. The average Bonchev–Trinajstić information content (AvgIpc) is 2.33. The normalized spacial score (nSPS) is 10.7. The first-order chi connectivity index (χ1) is 8.90. The second kappa shape index (κ2) is 6.82. The van der Waals surface area contributed by atoms with Gasteiger partial charge in [-0.3, -0.25) is 19.6 Å². The molecule has 0 aromatic carbocycles. The highest BCUT2D eigenvalue weighted by Crippen LogP contribution is 2.17. The summed E-state index contributed by atoms with van der Waals surface area (Å²) >= 11 is 0. The standard InChI is InChI=1S/C13H18N2O4/c1-8(2)13-10(4-6-12(18)19)14-7-9(15-13)3-5-11(16)17/h7-8H,3-6H2,1-2H3,(H,16,17)(H,18,19). The highest BCUT2D eigenvalue weighted by molar-refractivity contribution is 5.67. The zero-order valence-electron chi connectivity index (χ0n) is 11.1. The van der Waals surface area contributed by atoms with Crippen molar-refractivity contribution in [1.82, 2.24) is 9.97 Å². The van der Waals surface area contributed by atoms with E-state index >= 15 is 0 Å². The van der Waals surface area contributed by atoms with E-state index in [-0.39, 0.29) is 18.8 Å². The Kier molecular flexibility index (Phi) is 5.41. The summed E-state index contributed by atoms with van der Waals surface area (Å²) in [5, 5.41) is 17.3. The average molecular weight is 266 g/mol. The molecular weight excluding hydrogens is 248 g/mol. The van der Waals surface area contributed by atoms with Crippen LogP contribution in [0.1, 0.15) is 49.7 Å². The molecule has 1 rings (SSSR count). The van der Waals surface area contributed by atoms with E-state index in [1.165, 1.54) is 6.20 Å². The number of carbonyl (C=O) groups is 2. The van der Waals surface area contributed by atoms with Gasteiger partial charge >= 0.3 is 11.9 Å². The molecule has 0 aliphatic heterocycles. The van der Waals surface area contributed by atoms with Gasteiger partial charge in [0.2, 0.25) is 0 Å². The van der Waals surface area contributed by atoms with Crippen LogP contribution in [0.3, 0.4) is 0 Å². The first-order valence-corrected chi connectivity index (χ1v) is 6.18. The molecule has 0 saturated heterocycles. The lowest BCUT2D eigenvalue weighted by Gasteiger charge is -2.11. The van der Waals surface area contributed by atoms with E-state index in [9.17, 15) is 9.59 Å². The number of aryl methyl sites for hydroxylation is 2. The predicted molar refractivity (Wildman–Crippen MR) is 68.0 cm³/mol. The van der Waals surface area contributed by atoms with E-state index in [1.54, 1.807) is 0 Å². The molecule has 2 N–H and O–H groups in total. The Morgan fingerprint density at radius 3 is 2.26 bits per heavy atom. The van der Waals surface area contributed by atoms with Gasteiger partial charge in [0.15, 0.2) is 0 Å². The Bertz CT molecular complexity index is 472. The third-order valence-corrected chi connectivity index (χ3v) is 2.65. The number of aromatic nitrogens is 2. The maximum Gasteiger partial charge on any atom is 0.303 e. The molecule has 6 nitrogen and oxygen atoms in total. The summed E-state index contributed by atoms with van der Waals surface area (Å²) in [6.07, 6.45) is 2.24. The molecule has 0 radical (unpaired) electrons. The molecule has 1 heterocycles. The second-order valence-electron chi connectivity index (χ2n) is 4.64. The van der Waals surface area contributed by atoms with E-state index in [2.05, 4.69) is 9.97 Å². The molecule has 0 amide bonds. The number of hydrogen-bond donors (Lipinski definition) is 2. The van der Waals surface area contributed by atoms with Gasteiger partial charge in [-0.25, -0.2) is 0 Å². The van der Waals surface area contributed by atoms with Crippen molar-refractivity contribution in [3.8, 4) is 0 Å². The van der Waals surface area contributed by atoms with E-state index < -0.39 is 11.9 Å². The first-order valence-electron chi connectivity index (χ1n) is 6.18. The fourth-order valence-corrected chi connectivity index (χ4v) is 1.70. The Morgan fingerprint density at radius 2 is 1.74 bits per heavy atom. The molecule has 19 heavy (non-hydrogen) atoms. The SMILES string of the molecule is CC(C)c1nc(CCC(=O)O)cnc1CCC(=O)O. The van der Waals surface area contributed by atoms with Gasteiger partial charge in [-0.05, 0) is 5.92 Å². The molecule has 104 valence electrons. The van der Waals surface area contributed by atoms with Crippen molar-refractivity contribution < 1.29 is 19.8 Å². The fourth-order valence-electron chi connectivity index (χ4n) is 1.70. The Labute approximate surface area is 111 Å². The zero-order chi connectivity index (χ0) is 14.4. The molecule has 0 aliphatic rings. The number of carboxylic acid groups (broad SMARTS) is 2. The summed E-state index contributed by atoms with van der Waals surface area (Å²) in [6.45, 7) is 3.91. The van der Waals surface area contributed by atoms with Crippen LogP contribution in [0.25, 0.3) is 0 Å². The minimum Gasteiger partial charge on any atom is -0.481 e. The van der Waals surface area contributed by atoms with Crippen molar-refractivity contribution in [1.29, 1.82) is 0 Å². The highest BCUT2D eigenvalue weighted by atomic mass is 16.4. The van der Waals surface area contributed by atoms with Gasteiger partial charge in [0.05, 0.1) is 29.9 Å². The fraction of sp³-hybridized carbons (Fsp3) is 0.538. The molecule has 1 aromatic heterocycles. The van der Waals surface area contributed by atoms with Crippen LogP contribution in [0.2, 0.25) is 0 Å². The van der Waals surface area contributed by atoms with Gasteiger partial charge in [0.25, 0.3) is 0 Å². The lowest BCUT2D eigenvalue weighted by molar-refractivity contribution is -0.138. The molecular formula is C13H18N2O4. The number of hydrogen-bond acceptors (Lipinski definition) is 4. The molecule has 0 bridgehead atoms. The molecule has 6 heteroatoms. The first kappa shape index (κ1) is 15.1. The van der Waals surface area contributed by atoms with Gasteiger partial charge in [-0.2, -0.15) is 0 Å². The summed E-state index contributed by atoms with van der Waals surface area (Å²) < 4.78 is 0. The van der Waals surface area contributed by atoms with Crippen LogP contribution in [0, 0.1) is 0 Å².